The van der Waals surface area contributed by atoms with Gasteiger partial charge in [0.1, 0.15) is 18.1 Å². The molecule has 0 fully saturated rings. The summed E-state index contributed by atoms with van der Waals surface area (Å²) >= 11 is 0. The standard InChI is InChI=1S/C31H33NO4/c1-3-4-26(20-31(33)34)25-9-12-29(13-10-25)36-22-24-7-5-23(6-8-24)15-17-32-18-16-27-19-30(35-2)14-11-28(27)21-32/h5-14,19,26H,15-18,20-22H2,1-2H3,(H,33,34)/t26-/m0/s1. The van der Waals surface area contributed by atoms with E-state index in [1.54, 1.807) is 14.0 Å². The zero-order chi connectivity index (χ0) is 25.3. The fraction of sp³-hybridized carbons (Fsp3) is 0.323. The molecule has 4 rings (SSSR count). The van der Waals surface area contributed by atoms with E-state index in [4.69, 9.17) is 14.6 Å². The van der Waals surface area contributed by atoms with E-state index in [2.05, 4.69) is 59.2 Å². The van der Waals surface area contributed by atoms with E-state index in [0.29, 0.717) is 6.61 Å². The van der Waals surface area contributed by atoms with Crippen LogP contribution in [-0.4, -0.2) is 36.2 Å². The number of carboxylic acids is 1. The Morgan fingerprint density at radius 3 is 2.42 bits per heavy atom. The van der Waals surface area contributed by atoms with E-state index in [1.807, 2.05) is 24.3 Å². The number of hydrogen-bond acceptors (Lipinski definition) is 4. The van der Waals surface area contributed by atoms with Gasteiger partial charge in [0.2, 0.25) is 0 Å². The first kappa shape index (κ1) is 25.3. The molecule has 0 spiro atoms. The summed E-state index contributed by atoms with van der Waals surface area (Å²) in [6.45, 7) is 5.32. The molecular formula is C31H33NO4. The predicted molar refractivity (Wildman–Crippen MR) is 141 cm³/mol. The van der Waals surface area contributed by atoms with Crippen molar-refractivity contribution in [2.24, 2.45) is 0 Å². The van der Waals surface area contributed by atoms with Crippen LogP contribution in [0, 0.1) is 11.8 Å². The molecule has 1 atom stereocenters. The van der Waals surface area contributed by atoms with Gasteiger partial charge in [0.05, 0.1) is 19.4 Å². The maximum absolute atomic E-state index is 11.1. The smallest absolute Gasteiger partial charge is 0.304 e. The molecule has 36 heavy (non-hydrogen) atoms. The number of carboxylic acid groups (broad SMARTS) is 1. The molecule has 0 aromatic heterocycles. The highest BCUT2D eigenvalue weighted by Crippen LogP contribution is 2.25. The number of aliphatic carboxylic acids is 1. The third-order valence-electron chi connectivity index (χ3n) is 6.63. The average Bonchev–Trinajstić information content (AvgIpc) is 2.90. The Kier molecular flexibility index (Phi) is 8.65. The van der Waals surface area contributed by atoms with Gasteiger partial charge in [-0.2, -0.15) is 0 Å². The average molecular weight is 484 g/mol. The quantitative estimate of drug-likeness (QED) is 0.388. The molecular weight excluding hydrogens is 450 g/mol. The lowest BCUT2D eigenvalue weighted by Gasteiger charge is -2.29. The van der Waals surface area contributed by atoms with Crippen LogP contribution in [0.3, 0.4) is 0 Å². The van der Waals surface area contributed by atoms with Crippen molar-refractivity contribution < 1.29 is 19.4 Å². The number of nitrogens with zero attached hydrogens (tertiary/aromatic N) is 1. The van der Waals surface area contributed by atoms with Gasteiger partial charge in [0.15, 0.2) is 0 Å². The Bertz CT molecular complexity index is 1220. The van der Waals surface area contributed by atoms with Gasteiger partial charge in [-0.15, -0.1) is 5.92 Å². The SMILES string of the molecule is CC#C[C@@H](CC(=O)O)c1ccc(OCc2ccc(CCN3CCc4cc(OC)ccc4C3)cc2)cc1. The minimum atomic E-state index is -0.853. The normalized spacial score (nSPS) is 13.7. The minimum absolute atomic E-state index is 0.00628. The van der Waals surface area contributed by atoms with Gasteiger partial charge >= 0.3 is 5.97 Å². The summed E-state index contributed by atoms with van der Waals surface area (Å²) in [4.78, 5) is 13.6. The molecule has 5 heteroatoms. The maximum Gasteiger partial charge on any atom is 0.304 e. The van der Waals surface area contributed by atoms with Crippen LogP contribution >= 0.6 is 0 Å². The number of hydrogen-bond donors (Lipinski definition) is 1. The Hall–Kier alpha value is -3.75. The zero-order valence-corrected chi connectivity index (χ0v) is 21.0. The van der Waals surface area contributed by atoms with Crippen molar-refractivity contribution >= 4 is 5.97 Å². The molecule has 3 aromatic rings. The fourth-order valence-corrected chi connectivity index (χ4v) is 4.56. The van der Waals surface area contributed by atoms with Crippen LogP contribution in [-0.2, 0) is 30.8 Å². The molecule has 3 aromatic carbocycles. The minimum Gasteiger partial charge on any atom is -0.497 e. The summed E-state index contributed by atoms with van der Waals surface area (Å²) in [6, 6.07) is 22.6. The molecule has 5 nitrogen and oxygen atoms in total. The van der Waals surface area contributed by atoms with E-state index >= 15 is 0 Å². The molecule has 0 radical (unpaired) electrons. The van der Waals surface area contributed by atoms with Crippen LogP contribution < -0.4 is 9.47 Å². The molecule has 1 heterocycles. The summed E-state index contributed by atoms with van der Waals surface area (Å²) in [7, 11) is 1.72. The number of rotatable bonds is 10. The van der Waals surface area contributed by atoms with Crippen molar-refractivity contribution in [3.05, 3.63) is 94.5 Å². The Morgan fingerprint density at radius 2 is 1.72 bits per heavy atom. The van der Waals surface area contributed by atoms with Gasteiger partial charge in [0.25, 0.3) is 0 Å². The number of benzene rings is 3. The lowest BCUT2D eigenvalue weighted by Crippen LogP contribution is -2.32. The first-order valence-electron chi connectivity index (χ1n) is 12.4. The Morgan fingerprint density at radius 1 is 1.00 bits per heavy atom. The number of fused-ring (bicyclic) bond motifs is 1. The Labute approximate surface area is 213 Å². The van der Waals surface area contributed by atoms with E-state index < -0.39 is 5.97 Å². The largest absolute Gasteiger partial charge is 0.497 e. The Balaban J connectivity index is 1.25. The van der Waals surface area contributed by atoms with Gasteiger partial charge in [-0.05, 0) is 71.8 Å². The van der Waals surface area contributed by atoms with Crippen molar-refractivity contribution in [1.29, 1.82) is 0 Å². The summed E-state index contributed by atoms with van der Waals surface area (Å²) < 4.78 is 11.3. The number of ether oxygens (including phenoxy) is 2. The van der Waals surface area contributed by atoms with Crippen LogP contribution in [0.25, 0.3) is 0 Å². The summed E-state index contributed by atoms with van der Waals surface area (Å²) in [5.74, 6) is 6.33. The van der Waals surface area contributed by atoms with Gasteiger partial charge in [-0.3, -0.25) is 9.69 Å². The second-order valence-corrected chi connectivity index (χ2v) is 9.13. The van der Waals surface area contributed by atoms with Gasteiger partial charge in [-0.25, -0.2) is 0 Å². The zero-order valence-electron chi connectivity index (χ0n) is 21.0. The van der Waals surface area contributed by atoms with Crippen LogP contribution in [0.1, 0.15) is 47.1 Å². The third kappa shape index (κ3) is 6.90. The van der Waals surface area contributed by atoms with E-state index in [9.17, 15) is 4.79 Å². The van der Waals surface area contributed by atoms with Gasteiger partial charge in [0, 0.05) is 19.6 Å². The highest BCUT2D eigenvalue weighted by Gasteiger charge is 2.17. The van der Waals surface area contributed by atoms with Crippen molar-refractivity contribution in [3.63, 3.8) is 0 Å². The second-order valence-electron chi connectivity index (χ2n) is 9.13. The number of carbonyl (C=O) groups is 1. The van der Waals surface area contributed by atoms with Crippen LogP contribution in [0.15, 0.2) is 66.7 Å². The molecule has 0 saturated heterocycles. The molecule has 0 aliphatic carbocycles. The van der Waals surface area contributed by atoms with Crippen LogP contribution in [0.5, 0.6) is 11.5 Å². The van der Waals surface area contributed by atoms with Gasteiger partial charge < -0.3 is 14.6 Å². The highest BCUT2D eigenvalue weighted by molar-refractivity contribution is 5.69. The van der Waals surface area contributed by atoms with E-state index in [0.717, 1.165) is 55.1 Å². The summed E-state index contributed by atoms with van der Waals surface area (Å²) in [5.41, 5.74) is 6.13. The maximum atomic E-state index is 11.1. The molecule has 0 unspecified atom stereocenters. The fourth-order valence-electron chi connectivity index (χ4n) is 4.56. The van der Waals surface area contributed by atoms with Crippen LogP contribution in [0.4, 0.5) is 0 Å². The van der Waals surface area contributed by atoms with Crippen molar-refractivity contribution in [3.8, 4) is 23.3 Å². The van der Waals surface area contributed by atoms with Crippen molar-refractivity contribution in [2.45, 2.75) is 45.3 Å². The molecule has 0 bridgehead atoms. The number of methoxy groups -OCH3 is 1. The second kappa shape index (κ2) is 12.3. The van der Waals surface area contributed by atoms with Crippen molar-refractivity contribution in [2.75, 3.05) is 20.2 Å². The molecule has 1 aliphatic rings. The first-order valence-corrected chi connectivity index (χ1v) is 12.4. The predicted octanol–water partition coefficient (Wildman–Crippen LogP) is 5.46. The van der Waals surface area contributed by atoms with Crippen LogP contribution in [0.2, 0.25) is 0 Å². The molecule has 186 valence electrons. The first-order chi connectivity index (χ1) is 17.5. The summed E-state index contributed by atoms with van der Waals surface area (Å²) in [5, 5.41) is 9.11. The summed E-state index contributed by atoms with van der Waals surface area (Å²) in [6.07, 6.45) is 2.08. The molecule has 0 saturated carbocycles. The van der Waals surface area contributed by atoms with Gasteiger partial charge in [-0.1, -0.05) is 48.4 Å². The van der Waals surface area contributed by atoms with E-state index in [-0.39, 0.29) is 12.3 Å². The van der Waals surface area contributed by atoms with Crippen molar-refractivity contribution in [1.82, 2.24) is 4.90 Å². The lowest BCUT2D eigenvalue weighted by atomic mass is 9.96. The molecule has 0 amide bonds. The topological polar surface area (TPSA) is 59.0 Å². The lowest BCUT2D eigenvalue weighted by molar-refractivity contribution is -0.137. The monoisotopic (exact) mass is 483 g/mol. The van der Waals surface area contributed by atoms with E-state index in [1.165, 1.54) is 16.7 Å². The third-order valence-corrected chi connectivity index (χ3v) is 6.63. The molecule has 1 aliphatic heterocycles. The molecule has 1 N–H and O–H groups in total. The highest BCUT2D eigenvalue weighted by atomic mass is 16.5.